The van der Waals surface area contributed by atoms with E-state index < -0.39 is 41.8 Å². The molecule has 150 valence electrons. The molecule has 0 heterocycles. The molecule has 0 aliphatic heterocycles. The molecule has 0 aromatic heterocycles. The van der Waals surface area contributed by atoms with E-state index in [1.54, 1.807) is 0 Å². The van der Waals surface area contributed by atoms with Crippen LogP contribution in [-0.4, -0.2) is 65.5 Å². The zero-order valence-electron chi connectivity index (χ0n) is 15.7. The van der Waals surface area contributed by atoms with Crippen LogP contribution in [0.5, 0.6) is 0 Å². The van der Waals surface area contributed by atoms with Crippen molar-refractivity contribution in [1.82, 2.24) is 16.0 Å². The van der Waals surface area contributed by atoms with Gasteiger partial charge in [-0.25, -0.2) is 4.79 Å². The minimum Gasteiger partial charge on any atom is -0.480 e. The van der Waals surface area contributed by atoms with Gasteiger partial charge in [-0.2, -0.15) is 11.8 Å². The molecule has 0 saturated carbocycles. The highest BCUT2D eigenvalue weighted by atomic mass is 32.2. The normalized spacial score (nSPS) is 14.2. The number of carbonyl (C=O) groups is 4. The number of hydrogen-bond donors (Lipinski definition) is 5. The van der Waals surface area contributed by atoms with Crippen molar-refractivity contribution in [2.75, 3.05) is 18.6 Å². The van der Waals surface area contributed by atoms with E-state index in [9.17, 15) is 24.3 Å². The topological polar surface area (TPSA) is 151 Å². The number of carbonyl (C=O) groups excluding carboxylic acids is 3. The second kappa shape index (κ2) is 12.5. The van der Waals surface area contributed by atoms with E-state index in [4.69, 9.17) is 5.73 Å². The third-order valence-electron chi connectivity index (χ3n) is 3.42. The van der Waals surface area contributed by atoms with Crippen LogP contribution < -0.4 is 21.7 Å². The molecule has 0 fully saturated rings. The second-order valence-corrected chi connectivity index (χ2v) is 7.42. The van der Waals surface area contributed by atoms with Crippen LogP contribution in [0.3, 0.4) is 0 Å². The van der Waals surface area contributed by atoms with E-state index in [-0.39, 0.29) is 18.9 Å². The number of nitrogens with two attached hydrogens (primary N) is 1. The van der Waals surface area contributed by atoms with E-state index >= 15 is 0 Å². The van der Waals surface area contributed by atoms with Crippen molar-refractivity contribution in [1.29, 1.82) is 0 Å². The zero-order valence-corrected chi connectivity index (χ0v) is 16.5. The van der Waals surface area contributed by atoms with Gasteiger partial charge in [0.25, 0.3) is 0 Å². The zero-order chi connectivity index (χ0) is 20.3. The first-order valence-electron chi connectivity index (χ1n) is 8.43. The standard InChI is InChI=1S/C16H30N4O5S/c1-9(2)7-12(16(24)25)20-15(23)11(5-6-26-4)19-13(21)8-18-14(22)10(3)17/h9-12H,5-8,17H2,1-4H3,(H,18,22)(H,19,21)(H,20,23)(H,24,25). The van der Waals surface area contributed by atoms with Gasteiger partial charge in [0.1, 0.15) is 12.1 Å². The summed E-state index contributed by atoms with van der Waals surface area (Å²) in [6.07, 6.45) is 2.49. The lowest BCUT2D eigenvalue weighted by molar-refractivity contribution is -0.142. The number of carboxylic acids is 1. The van der Waals surface area contributed by atoms with Gasteiger partial charge in [0.2, 0.25) is 17.7 Å². The highest BCUT2D eigenvalue weighted by Crippen LogP contribution is 2.07. The lowest BCUT2D eigenvalue weighted by Crippen LogP contribution is -2.54. The summed E-state index contributed by atoms with van der Waals surface area (Å²) in [6, 6.07) is -2.64. The number of rotatable bonds is 12. The van der Waals surface area contributed by atoms with Gasteiger partial charge >= 0.3 is 5.97 Å². The van der Waals surface area contributed by atoms with Gasteiger partial charge in [-0.1, -0.05) is 13.8 Å². The van der Waals surface area contributed by atoms with E-state index in [0.29, 0.717) is 12.2 Å². The van der Waals surface area contributed by atoms with Gasteiger partial charge in [-0.3, -0.25) is 14.4 Å². The third-order valence-corrected chi connectivity index (χ3v) is 4.06. The van der Waals surface area contributed by atoms with Gasteiger partial charge in [0.15, 0.2) is 0 Å². The van der Waals surface area contributed by atoms with Crippen LogP contribution in [0.25, 0.3) is 0 Å². The first-order chi connectivity index (χ1) is 12.1. The van der Waals surface area contributed by atoms with Gasteiger partial charge in [0, 0.05) is 0 Å². The Bertz CT molecular complexity index is 499. The fraction of sp³-hybridized carbons (Fsp3) is 0.750. The van der Waals surface area contributed by atoms with E-state index in [0.717, 1.165) is 0 Å². The minimum absolute atomic E-state index is 0.0871. The maximum absolute atomic E-state index is 12.4. The van der Waals surface area contributed by atoms with Crippen LogP contribution in [0.2, 0.25) is 0 Å². The maximum atomic E-state index is 12.4. The third kappa shape index (κ3) is 10.2. The number of nitrogens with one attached hydrogen (secondary N) is 3. The fourth-order valence-electron chi connectivity index (χ4n) is 2.04. The second-order valence-electron chi connectivity index (χ2n) is 6.44. The Morgan fingerprint density at radius 1 is 1.04 bits per heavy atom. The van der Waals surface area contributed by atoms with E-state index in [2.05, 4.69) is 16.0 Å². The summed E-state index contributed by atoms with van der Waals surface area (Å²) >= 11 is 1.50. The molecule has 26 heavy (non-hydrogen) atoms. The molecule has 0 radical (unpaired) electrons. The Kier molecular flexibility index (Phi) is 11.7. The lowest BCUT2D eigenvalue weighted by Gasteiger charge is -2.22. The molecular formula is C16H30N4O5S. The first kappa shape index (κ1) is 24.2. The molecule has 0 saturated heterocycles. The highest BCUT2D eigenvalue weighted by molar-refractivity contribution is 7.98. The number of hydrogen-bond acceptors (Lipinski definition) is 6. The molecule has 3 atom stereocenters. The van der Waals surface area contributed by atoms with Crippen molar-refractivity contribution in [3.05, 3.63) is 0 Å². The highest BCUT2D eigenvalue weighted by Gasteiger charge is 2.27. The molecule has 9 nitrogen and oxygen atoms in total. The van der Waals surface area contributed by atoms with Crippen molar-refractivity contribution in [2.45, 2.75) is 51.7 Å². The molecule has 3 amide bonds. The summed E-state index contributed by atoms with van der Waals surface area (Å²) in [6.45, 7) is 4.90. The predicted molar refractivity (Wildman–Crippen MR) is 101 cm³/mol. The number of amides is 3. The summed E-state index contributed by atoms with van der Waals surface area (Å²) in [7, 11) is 0. The molecule has 0 aliphatic rings. The average molecular weight is 391 g/mol. The summed E-state index contributed by atoms with van der Waals surface area (Å²) in [4.78, 5) is 47.1. The average Bonchev–Trinajstić information content (AvgIpc) is 2.54. The monoisotopic (exact) mass is 390 g/mol. The molecule has 10 heteroatoms. The van der Waals surface area contributed by atoms with Gasteiger partial charge in [-0.05, 0) is 37.7 Å². The first-order valence-corrected chi connectivity index (χ1v) is 9.82. The van der Waals surface area contributed by atoms with Crippen LogP contribution >= 0.6 is 11.8 Å². The quantitative estimate of drug-likeness (QED) is 0.296. The summed E-state index contributed by atoms with van der Waals surface area (Å²) in [5.74, 6) is -2.01. The molecule has 6 N–H and O–H groups in total. The van der Waals surface area contributed by atoms with Gasteiger partial charge < -0.3 is 26.8 Å². The molecule has 0 aromatic rings. The Hall–Kier alpha value is -1.81. The minimum atomic E-state index is -1.12. The number of aliphatic carboxylic acids is 1. The Balaban J connectivity index is 4.83. The van der Waals surface area contributed by atoms with Crippen LogP contribution in [0, 0.1) is 5.92 Å². The molecule has 0 aromatic carbocycles. The largest absolute Gasteiger partial charge is 0.480 e. The SMILES string of the molecule is CSCCC(NC(=O)CNC(=O)C(C)N)C(=O)NC(CC(C)C)C(=O)O. The molecule has 3 unspecified atom stereocenters. The molecule has 0 rings (SSSR count). The van der Waals surface area contributed by atoms with E-state index in [1.165, 1.54) is 18.7 Å². The fourth-order valence-corrected chi connectivity index (χ4v) is 2.51. The summed E-state index contributed by atoms with van der Waals surface area (Å²) < 4.78 is 0. The van der Waals surface area contributed by atoms with Crippen LogP contribution in [0.4, 0.5) is 0 Å². The Labute approximate surface area is 158 Å². The van der Waals surface area contributed by atoms with Crippen LogP contribution in [0.15, 0.2) is 0 Å². The number of thioether (sulfide) groups is 1. The Morgan fingerprint density at radius 2 is 1.65 bits per heavy atom. The maximum Gasteiger partial charge on any atom is 0.326 e. The smallest absolute Gasteiger partial charge is 0.326 e. The van der Waals surface area contributed by atoms with Crippen molar-refractivity contribution in [3.8, 4) is 0 Å². The predicted octanol–water partition coefficient (Wildman–Crippen LogP) is -0.697. The lowest BCUT2D eigenvalue weighted by atomic mass is 10.0. The number of carboxylic acid groups (broad SMARTS) is 1. The molecule has 0 bridgehead atoms. The Morgan fingerprint density at radius 3 is 2.12 bits per heavy atom. The molecule has 0 spiro atoms. The molecular weight excluding hydrogens is 360 g/mol. The molecule has 0 aliphatic carbocycles. The van der Waals surface area contributed by atoms with Gasteiger partial charge in [-0.15, -0.1) is 0 Å². The summed E-state index contributed by atoms with van der Waals surface area (Å²) in [5.41, 5.74) is 5.39. The van der Waals surface area contributed by atoms with Crippen molar-refractivity contribution < 1.29 is 24.3 Å². The van der Waals surface area contributed by atoms with Gasteiger partial charge in [0.05, 0.1) is 12.6 Å². The van der Waals surface area contributed by atoms with Crippen molar-refractivity contribution >= 4 is 35.5 Å². The van der Waals surface area contributed by atoms with Crippen molar-refractivity contribution in [2.24, 2.45) is 11.7 Å². The van der Waals surface area contributed by atoms with Crippen LogP contribution in [0.1, 0.15) is 33.6 Å². The van der Waals surface area contributed by atoms with Crippen molar-refractivity contribution in [3.63, 3.8) is 0 Å². The summed E-state index contributed by atoms with van der Waals surface area (Å²) in [5, 5.41) is 16.6. The van der Waals surface area contributed by atoms with Crippen LogP contribution in [-0.2, 0) is 19.2 Å². The van der Waals surface area contributed by atoms with E-state index in [1.807, 2.05) is 20.1 Å².